The molecular weight excluding hydrogens is 176 g/mol. The van der Waals surface area contributed by atoms with Crippen molar-refractivity contribution in [3.05, 3.63) is 11.8 Å². The van der Waals surface area contributed by atoms with Crippen LogP contribution in [0, 0.1) is 0 Å². The van der Waals surface area contributed by atoms with Gasteiger partial charge in [0.25, 0.3) is 0 Å². The van der Waals surface area contributed by atoms with Crippen molar-refractivity contribution in [2.45, 2.75) is 0 Å². The number of carbonyl (C=O) groups excluding carboxylic acids is 2. The maximum atomic E-state index is 11.0. The van der Waals surface area contributed by atoms with E-state index in [-0.39, 0.29) is 11.4 Å². The second kappa shape index (κ2) is 3.57. The van der Waals surface area contributed by atoms with E-state index in [4.69, 9.17) is 5.73 Å². The van der Waals surface area contributed by atoms with Gasteiger partial charge in [-0.1, -0.05) is 0 Å². The quantitative estimate of drug-likeness (QED) is 0.547. The lowest BCUT2D eigenvalue weighted by molar-refractivity contribution is 0.0602. The number of H-pyrrole nitrogens is 1. The smallest absolute Gasteiger partial charge is 0.343 e. The number of nitrogens with two attached hydrogens (primary N) is 1. The monoisotopic (exact) mass is 184 g/mol. The molecule has 0 aromatic carbocycles. The molecule has 1 aromatic heterocycles. The van der Waals surface area contributed by atoms with E-state index >= 15 is 0 Å². The van der Waals surface area contributed by atoms with Gasteiger partial charge in [0, 0.05) is 0 Å². The van der Waals surface area contributed by atoms with Gasteiger partial charge >= 0.3 is 12.0 Å². The molecule has 1 rings (SSSR count). The number of anilines is 1. The zero-order valence-corrected chi connectivity index (χ0v) is 6.83. The number of nitrogens with zero attached hydrogens (tertiary/aromatic N) is 1. The van der Waals surface area contributed by atoms with Crippen LogP contribution in [0.4, 0.5) is 10.6 Å². The Bertz CT molecular complexity index is 332. The van der Waals surface area contributed by atoms with Crippen molar-refractivity contribution < 1.29 is 14.3 Å². The van der Waals surface area contributed by atoms with Gasteiger partial charge in [0.2, 0.25) is 0 Å². The van der Waals surface area contributed by atoms with Gasteiger partial charge in [0.05, 0.1) is 13.3 Å². The third-order valence-corrected chi connectivity index (χ3v) is 1.29. The average molecular weight is 184 g/mol. The molecular formula is C6H8N4O3. The number of carbonyl (C=O) groups is 2. The van der Waals surface area contributed by atoms with Crippen LogP contribution in [-0.2, 0) is 4.74 Å². The number of ether oxygens (including phenoxy) is 1. The van der Waals surface area contributed by atoms with Gasteiger partial charge in [0.1, 0.15) is 11.4 Å². The summed E-state index contributed by atoms with van der Waals surface area (Å²) in [5.74, 6) is -0.475. The van der Waals surface area contributed by atoms with Crippen LogP contribution in [0.25, 0.3) is 0 Å². The molecule has 1 aromatic rings. The van der Waals surface area contributed by atoms with Crippen LogP contribution < -0.4 is 11.1 Å². The first kappa shape index (κ1) is 9.04. The molecule has 0 atom stereocenters. The summed E-state index contributed by atoms with van der Waals surface area (Å²) in [5, 5.41) is 8.13. The summed E-state index contributed by atoms with van der Waals surface area (Å²) in [6.07, 6.45) is 1.23. The molecule has 0 aliphatic heterocycles. The number of aromatic nitrogens is 2. The average Bonchev–Trinajstić information content (AvgIpc) is 2.50. The topological polar surface area (TPSA) is 110 Å². The van der Waals surface area contributed by atoms with E-state index in [0.717, 1.165) is 0 Å². The molecule has 0 spiro atoms. The SMILES string of the molecule is COC(=O)c1cn[nH]c1NC(N)=O. The van der Waals surface area contributed by atoms with Crippen LogP contribution in [0.5, 0.6) is 0 Å². The second-order valence-corrected chi connectivity index (χ2v) is 2.14. The molecule has 0 saturated heterocycles. The number of urea groups is 1. The fraction of sp³-hybridized carbons (Fsp3) is 0.167. The molecule has 13 heavy (non-hydrogen) atoms. The summed E-state index contributed by atoms with van der Waals surface area (Å²) in [6, 6.07) is -0.783. The molecule has 0 saturated carbocycles. The van der Waals surface area contributed by atoms with Gasteiger partial charge in [-0.25, -0.2) is 9.59 Å². The minimum absolute atomic E-state index is 0.124. The van der Waals surface area contributed by atoms with E-state index in [2.05, 4.69) is 20.3 Å². The summed E-state index contributed by atoms with van der Waals surface area (Å²) in [7, 11) is 1.23. The largest absolute Gasteiger partial charge is 0.465 e. The molecule has 7 nitrogen and oxygen atoms in total. The van der Waals surface area contributed by atoms with Crippen molar-refractivity contribution in [1.29, 1.82) is 0 Å². The van der Waals surface area contributed by atoms with Gasteiger partial charge in [-0.3, -0.25) is 10.4 Å². The third kappa shape index (κ3) is 1.95. The Morgan fingerprint density at radius 1 is 1.69 bits per heavy atom. The van der Waals surface area contributed by atoms with Crippen molar-refractivity contribution in [3.8, 4) is 0 Å². The number of hydrogen-bond acceptors (Lipinski definition) is 4. The zero-order chi connectivity index (χ0) is 9.84. The van der Waals surface area contributed by atoms with E-state index in [1.807, 2.05) is 0 Å². The summed E-state index contributed by atoms with van der Waals surface area (Å²) in [6.45, 7) is 0. The molecule has 2 amide bonds. The highest BCUT2D eigenvalue weighted by molar-refractivity contribution is 5.98. The number of methoxy groups -OCH3 is 1. The Hall–Kier alpha value is -2.05. The fourth-order valence-corrected chi connectivity index (χ4v) is 0.769. The highest BCUT2D eigenvalue weighted by Crippen LogP contribution is 2.10. The Balaban J connectivity index is 2.89. The van der Waals surface area contributed by atoms with E-state index in [1.165, 1.54) is 13.3 Å². The highest BCUT2D eigenvalue weighted by atomic mass is 16.5. The van der Waals surface area contributed by atoms with Crippen molar-refractivity contribution in [1.82, 2.24) is 10.2 Å². The molecule has 0 aliphatic rings. The number of aromatic amines is 1. The van der Waals surface area contributed by atoms with Crippen LogP contribution in [-0.4, -0.2) is 29.3 Å². The predicted octanol–water partition coefficient (Wildman–Crippen LogP) is -0.313. The standard InChI is InChI=1S/C6H8N4O3/c1-13-5(11)3-2-8-10-4(3)9-6(7)12/h2H,1H3,(H4,7,8,9,10,12). The lowest BCUT2D eigenvalue weighted by Gasteiger charge is -2.00. The van der Waals surface area contributed by atoms with Crippen molar-refractivity contribution in [2.75, 3.05) is 12.4 Å². The van der Waals surface area contributed by atoms with Crippen LogP contribution in [0.2, 0.25) is 0 Å². The summed E-state index contributed by atoms with van der Waals surface area (Å²) in [4.78, 5) is 21.4. The molecule has 0 bridgehead atoms. The van der Waals surface area contributed by atoms with Gasteiger partial charge in [-0.15, -0.1) is 0 Å². The minimum Gasteiger partial charge on any atom is -0.465 e. The fourth-order valence-electron chi connectivity index (χ4n) is 0.769. The molecule has 0 unspecified atom stereocenters. The summed E-state index contributed by atoms with van der Waals surface area (Å²) >= 11 is 0. The van der Waals surface area contributed by atoms with Crippen molar-refractivity contribution in [3.63, 3.8) is 0 Å². The lowest BCUT2D eigenvalue weighted by Crippen LogP contribution is -2.21. The highest BCUT2D eigenvalue weighted by Gasteiger charge is 2.14. The normalized spacial score (nSPS) is 9.31. The first-order valence-corrected chi connectivity index (χ1v) is 3.33. The zero-order valence-electron chi connectivity index (χ0n) is 6.83. The number of amides is 2. The van der Waals surface area contributed by atoms with Crippen molar-refractivity contribution in [2.24, 2.45) is 5.73 Å². The maximum Gasteiger partial charge on any atom is 0.343 e. The number of hydrogen-bond donors (Lipinski definition) is 3. The summed E-state index contributed by atoms with van der Waals surface area (Å²) in [5.41, 5.74) is 4.97. The van der Waals surface area contributed by atoms with E-state index in [9.17, 15) is 9.59 Å². The Morgan fingerprint density at radius 2 is 2.38 bits per heavy atom. The molecule has 1 heterocycles. The van der Waals surface area contributed by atoms with Crippen molar-refractivity contribution >= 4 is 17.8 Å². The van der Waals surface area contributed by atoms with Crippen LogP contribution in [0.1, 0.15) is 10.4 Å². The van der Waals surface area contributed by atoms with Gasteiger partial charge < -0.3 is 10.5 Å². The lowest BCUT2D eigenvalue weighted by atomic mass is 10.3. The number of rotatable bonds is 2. The van der Waals surface area contributed by atoms with E-state index in [1.54, 1.807) is 0 Å². The molecule has 70 valence electrons. The van der Waals surface area contributed by atoms with Gasteiger partial charge in [0.15, 0.2) is 0 Å². The number of nitrogens with one attached hydrogen (secondary N) is 2. The maximum absolute atomic E-state index is 11.0. The Morgan fingerprint density at radius 3 is 2.92 bits per heavy atom. The minimum atomic E-state index is -0.783. The number of primary amides is 1. The molecule has 4 N–H and O–H groups in total. The number of esters is 1. The van der Waals surface area contributed by atoms with E-state index in [0.29, 0.717) is 0 Å². The third-order valence-electron chi connectivity index (χ3n) is 1.29. The Labute approximate surface area is 73.2 Å². The van der Waals surface area contributed by atoms with Gasteiger partial charge in [-0.2, -0.15) is 5.10 Å². The molecule has 0 fully saturated rings. The first-order chi connectivity index (χ1) is 6.15. The first-order valence-electron chi connectivity index (χ1n) is 3.33. The summed E-state index contributed by atoms with van der Waals surface area (Å²) < 4.78 is 4.43. The molecule has 0 radical (unpaired) electrons. The van der Waals surface area contributed by atoms with Crippen LogP contribution in [0.3, 0.4) is 0 Å². The van der Waals surface area contributed by atoms with Gasteiger partial charge in [-0.05, 0) is 0 Å². The molecule has 0 aliphatic carbocycles. The van der Waals surface area contributed by atoms with Crippen LogP contribution in [0.15, 0.2) is 6.20 Å². The predicted molar refractivity (Wildman–Crippen MR) is 43.1 cm³/mol. The van der Waals surface area contributed by atoms with E-state index < -0.39 is 12.0 Å². The molecule has 7 heteroatoms. The second-order valence-electron chi connectivity index (χ2n) is 2.14. The Kier molecular flexibility index (Phi) is 2.48. The van der Waals surface area contributed by atoms with Crippen LogP contribution >= 0.6 is 0 Å².